The van der Waals surface area contributed by atoms with E-state index in [-0.39, 0.29) is 17.8 Å². The molecule has 0 aliphatic carbocycles. The van der Waals surface area contributed by atoms with Gasteiger partial charge in [-0.25, -0.2) is 4.79 Å². The lowest BCUT2D eigenvalue weighted by atomic mass is 10.1. The molecule has 2 unspecified atom stereocenters. The van der Waals surface area contributed by atoms with Gasteiger partial charge in [0, 0.05) is 18.0 Å². The van der Waals surface area contributed by atoms with Crippen LogP contribution >= 0.6 is 34.5 Å². The highest BCUT2D eigenvalue weighted by Gasteiger charge is 2.33. The molecule has 1 saturated heterocycles. The van der Waals surface area contributed by atoms with E-state index < -0.39 is 6.10 Å². The van der Waals surface area contributed by atoms with Crippen molar-refractivity contribution in [2.75, 3.05) is 13.1 Å². The van der Waals surface area contributed by atoms with E-state index in [1.165, 1.54) is 11.3 Å². The summed E-state index contributed by atoms with van der Waals surface area (Å²) in [5, 5.41) is 0.500. The first kappa shape index (κ1) is 19.8. The number of amides is 1. The van der Waals surface area contributed by atoms with E-state index in [1.807, 2.05) is 27.7 Å². The number of nitrogens with zero attached hydrogens (tertiary/aromatic N) is 1. The van der Waals surface area contributed by atoms with Crippen molar-refractivity contribution in [1.82, 2.24) is 4.90 Å². The highest BCUT2D eigenvalue weighted by Crippen LogP contribution is 2.40. The minimum absolute atomic E-state index is 0.268. The predicted molar refractivity (Wildman–Crippen MR) is 99.3 cm³/mol. The third-order valence-corrected chi connectivity index (χ3v) is 5.71. The van der Waals surface area contributed by atoms with Gasteiger partial charge in [0.15, 0.2) is 0 Å². The number of carbonyl (C=O) groups is 1. The number of carbonyl (C=O) groups excluding carboxylic acids is 1. The zero-order valence-electron chi connectivity index (χ0n) is 14.6. The summed E-state index contributed by atoms with van der Waals surface area (Å²) in [6.45, 7) is 9.44. The molecule has 4 nitrogen and oxygen atoms in total. The number of thiophene rings is 1. The first-order valence-electron chi connectivity index (χ1n) is 8.29. The highest BCUT2D eigenvalue weighted by molar-refractivity contribution is 7.17. The topological polar surface area (TPSA) is 38.8 Å². The van der Waals surface area contributed by atoms with Gasteiger partial charge >= 0.3 is 6.09 Å². The number of hydrogen-bond donors (Lipinski definition) is 0. The monoisotopic (exact) mass is 393 g/mol. The summed E-state index contributed by atoms with van der Waals surface area (Å²) >= 11 is 13.6. The largest absolute Gasteiger partial charge is 0.443 e. The lowest BCUT2D eigenvalue weighted by Crippen LogP contribution is -2.37. The van der Waals surface area contributed by atoms with Crippen LogP contribution in [0.25, 0.3) is 0 Å². The van der Waals surface area contributed by atoms with Crippen molar-refractivity contribution in [2.45, 2.75) is 64.8 Å². The molecule has 0 radical (unpaired) electrons. The number of likely N-dealkylation sites (tertiary alicyclic amines) is 1. The zero-order chi connectivity index (χ0) is 17.9. The van der Waals surface area contributed by atoms with Gasteiger partial charge in [0.25, 0.3) is 0 Å². The molecule has 0 aromatic carbocycles. The second kappa shape index (κ2) is 8.26. The third kappa shape index (κ3) is 5.25. The van der Waals surface area contributed by atoms with Gasteiger partial charge in [-0.05, 0) is 46.1 Å². The van der Waals surface area contributed by atoms with Crippen molar-refractivity contribution in [3.63, 3.8) is 0 Å². The normalized spacial score (nSPS) is 17.8. The molecule has 1 aliphatic rings. The third-order valence-electron chi connectivity index (χ3n) is 3.78. The molecule has 2 heterocycles. The molecule has 0 saturated carbocycles. The van der Waals surface area contributed by atoms with Crippen LogP contribution in [-0.2, 0) is 9.47 Å². The van der Waals surface area contributed by atoms with E-state index >= 15 is 0 Å². The molecule has 24 heavy (non-hydrogen) atoms. The summed E-state index contributed by atoms with van der Waals surface area (Å²) in [5.74, 6) is 0. The van der Waals surface area contributed by atoms with Gasteiger partial charge in [0.1, 0.15) is 16.5 Å². The Kier molecular flexibility index (Phi) is 6.82. The molecule has 1 aromatic rings. The second-order valence-electron chi connectivity index (χ2n) is 6.95. The summed E-state index contributed by atoms with van der Waals surface area (Å²) in [5.41, 5.74) is -0.388. The van der Waals surface area contributed by atoms with E-state index in [0.29, 0.717) is 15.8 Å². The lowest BCUT2D eigenvalue weighted by molar-refractivity contribution is -0.117. The van der Waals surface area contributed by atoms with Gasteiger partial charge in [-0.3, -0.25) is 0 Å². The van der Waals surface area contributed by atoms with Crippen molar-refractivity contribution in [1.29, 1.82) is 0 Å². The Morgan fingerprint density at radius 1 is 1.33 bits per heavy atom. The van der Waals surface area contributed by atoms with Crippen LogP contribution in [0.15, 0.2) is 6.07 Å². The molecular weight excluding hydrogens is 369 g/mol. The maximum Gasteiger partial charge on any atom is 0.410 e. The first-order chi connectivity index (χ1) is 11.2. The van der Waals surface area contributed by atoms with E-state index in [9.17, 15) is 4.79 Å². The Hall–Kier alpha value is -0.490. The van der Waals surface area contributed by atoms with Crippen LogP contribution in [-0.4, -0.2) is 35.8 Å². The standard InChI is InChI=1S/C17H25Cl2NO3S/c1-5-12(22-16(21)20-8-6-7-9-20)14(23-17(2,3)4)13-10-11(18)15(19)24-13/h10,12,14H,5-9H2,1-4H3. The molecule has 1 aromatic heterocycles. The average molecular weight is 394 g/mol. The average Bonchev–Trinajstić information content (AvgIpc) is 3.12. The Morgan fingerprint density at radius 2 is 1.96 bits per heavy atom. The molecular formula is C17H25Cl2NO3S. The quantitative estimate of drug-likeness (QED) is 0.622. The van der Waals surface area contributed by atoms with Crippen LogP contribution in [0, 0.1) is 0 Å². The molecule has 1 fully saturated rings. The van der Waals surface area contributed by atoms with Crippen LogP contribution < -0.4 is 0 Å². The van der Waals surface area contributed by atoms with Gasteiger partial charge in [0.05, 0.1) is 10.6 Å². The molecule has 2 rings (SSSR count). The van der Waals surface area contributed by atoms with Crippen molar-refractivity contribution in [3.05, 3.63) is 20.3 Å². The minimum atomic E-state index is -0.392. The summed E-state index contributed by atoms with van der Waals surface area (Å²) < 4.78 is 12.5. The fourth-order valence-corrected chi connectivity index (χ4v) is 4.14. The van der Waals surface area contributed by atoms with Crippen LogP contribution in [0.5, 0.6) is 0 Å². The van der Waals surface area contributed by atoms with Gasteiger partial charge in [-0.2, -0.15) is 0 Å². The zero-order valence-corrected chi connectivity index (χ0v) is 16.9. The molecule has 0 bridgehead atoms. The maximum absolute atomic E-state index is 12.4. The van der Waals surface area contributed by atoms with E-state index in [2.05, 4.69) is 0 Å². The number of halogens is 2. The Morgan fingerprint density at radius 3 is 2.42 bits per heavy atom. The molecule has 136 valence electrons. The van der Waals surface area contributed by atoms with Crippen LogP contribution in [0.3, 0.4) is 0 Å². The number of hydrogen-bond acceptors (Lipinski definition) is 4. The minimum Gasteiger partial charge on any atom is -0.443 e. The molecule has 0 spiro atoms. The van der Waals surface area contributed by atoms with E-state index in [0.717, 1.165) is 30.8 Å². The van der Waals surface area contributed by atoms with E-state index in [4.69, 9.17) is 32.7 Å². The SMILES string of the molecule is CCC(OC(=O)N1CCCC1)C(OC(C)(C)C)c1cc(Cl)c(Cl)s1. The molecule has 1 amide bonds. The van der Waals surface area contributed by atoms with Crippen LogP contribution in [0.2, 0.25) is 9.36 Å². The first-order valence-corrected chi connectivity index (χ1v) is 9.86. The van der Waals surface area contributed by atoms with Crippen LogP contribution in [0.1, 0.15) is 57.9 Å². The Balaban J connectivity index is 2.20. The number of ether oxygens (including phenoxy) is 2. The number of rotatable bonds is 5. The Labute approximate surface area is 158 Å². The highest BCUT2D eigenvalue weighted by atomic mass is 35.5. The predicted octanol–water partition coefficient (Wildman–Crippen LogP) is 5.92. The van der Waals surface area contributed by atoms with Gasteiger partial charge in [-0.15, -0.1) is 11.3 Å². The fraction of sp³-hybridized carbons (Fsp3) is 0.706. The lowest BCUT2D eigenvalue weighted by Gasteiger charge is -2.32. The summed E-state index contributed by atoms with van der Waals surface area (Å²) in [6.07, 6.45) is 1.66. The summed E-state index contributed by atoms with van der Waals surface area (Å²) in [7, 11) is 0. The van der Waals surface area contributed by atoms with Gasteiger partial charge in [-0.1, -0.05) is 30.1 Å². The van der Waals surface area contributed by atoms with Crippen molar-refractivity contribution >= 4 is 40.6 Å². The molecule has 1 aliphatic heterocycles. The summed E-state index contributed by atoms with van der Waals surface area (Å²) in [6, 6.07) is 1.80. The molecule has 7 heteroatoms. The second-order valence-corrected chi connectivity index (χ2v) is 9.04. The van der Waals surface area contributed by atoms with Crippen molar-refractivity contribution in [2.24, 2.45) is 0 Å². The van der Waals surface area contributed by atoms with Crippen molar-refractivity contribution in [3.8, 4) is 0 Å². The maximum atomic E-state index is 12.4. The van der Waals surface area contributed by atoms with Gasteiger partial charge in [0.2, 0.25) is 0 Å². The van der Waals surface area contributed by atoms with E-state index in [1.54, 1.807) is 11.0 Å². The molecule has 2 atom stereocenters. The van der Waals surface area contributed by atoms with Gasteiger partial charge < -0.3 is 14.4 Å². The fourth-order valence-electron chi connectivity index (χ4n) is 2.66. The Bertz CT molecular complexity index is 545. The van der Waals surface area contributed by atoms with Crippen LogP contribution in [0.4, 0.5) is 4.79 Å². The smallest absolute Gasteiger partial charge is 0.410 e. The molecule has 0 N–H and O–H groups in total. The summed E-state index contributed by atoms with van der Waals surface area (Å²) in [4.78, 5) is 15.0. The van der Waals surface area contributed by atoms with Crippen molar-refractivity contribution < 1.29 is 14.3 Å².